The molecule has 0 saturated heterocycles. The lowest BCUT2D eigenvalue weighted by Crippen LogP contribution is -2.37. The molecular weight excluding hydrogens is 324 g/mol. The Balaban J connectivity index is 1.62. The van der Waals surface area contributed by atoms with Crippen LogP contribution in [0.25, 0.3) is 0 Å². The van der Waals surface area contributed by atoms with Crippen LogP contribution in [0.15, 0.2) is 15.9 Å². The summed E-state index contributed by atoms with van der Waals surface area (Å²) in [5.41, 5.74) is 0. The summed E-state index contributed by atoms with van der Waals surface area (Å²) < 4.78 is 3.48. The van der Waals surface area contributed by atoms with E-state index >= 15 is 0 Å². The lowest BCUT2D eigenvalue weighted by Gasteiger charge is -2.25. The molecule has 0 fully saturated rings. The fourth-order valence-electron chi connectivity index (χ4n) is 2.50. The number of hydrogen-bond donors (Lipinski definition) is 1. The zero-order valence-corrected chi connectivity index (χ0v) is 13.3. The molecule has 0 amide bonds. The van der Waals surface area contributed by atoms with E-state index in [0.717, 1.165) is 44.0 Å². The molecule has 1 N–H and O–H groups in total. The Kier molecular flexibility index (Phi) is 4.00. The SMILES string of the molecule is CCc1nnc2n1CC(NCc1ccc(Br)s1)CC2. The van der Waals surface area contributed by atoms with E-state index in [1.54, 1.807) is 11.3 Å². The normalized spacial score (nSPS) is 18.5. The second-order valence-electron chi connectivity index (χ2n) is 4.82. The second-order valence-corrected chi connectivity index (χ2v) is 7.37. The number of thiophene rings is 1. The number of hydrogen-bond acceptors (Lipinski definition) is 4. The highest BCUT2D eigenvalue weighted by Gasteiger charge is 2.21. The Labute approximate surface area is 125 Å². The van der Waals surface area contributed by atoms with Gasteiger partial charge in [-0.05, 0) is 34.5 Å². The first-order chi connectivity index (χ1) is 9.26. The Morgan fingerprint density at radius 2 is 2.37 bits per heavy atom. The molecule has 0 aliphatic carbocycles. The third kappa shape index (κ3) is 2.90. The molecule has 19 heavy (non-hydrogen) atoms. The van der Waals surface area contributed by atoms with E-state index in [9.17, 15) is 0 Å². The van der Waals surface area contributed by atoms with Gasteiger partial charge in [-0.25, -0.2) is 0 Å². The van der Waals surface area contributed by atoms with Crippen LogP contribution in [0.5, 0.6) is 0 Å². The first kappa shape index (κ1) is 13.3. The summed E-state index contributed by atoms with van der Waals surface area (Å²) in [5, 5.41) is 12.2. The first-order valence-corrected chi connectivity index (χ1v) is 8.25. The molecule has 0 aromatic carbocycles. The van der Waals surface area contributed by atoms with Crippen LogP contribution in [0, 0.1) is 0 Å². The summed E-state index contributed by atoms with van der Waals surface area (Å²) in [6, 6.07) is 4.80. The number of halogens is 1. The molecule has 0 radical (unpaired) electrons. The van der Waals surface area contributed by atoms with Gasteiger partial charge in [-0.3, -0.25) is 0 Å². The Hall–Kier alpha value is -0.720. The lowest BCUT2D eigenvalue weighted by atomic mass is 10.1. The van der Waals surface area contributed by atoms with Gasteiger partial charge < -0.3 is 9.88 Å². The quantitative estimate of drug-likeness (QED) is 0.930. The van der Waals surface area contributed by atoms with E-state index in [1.807, 2.05) is 0 Å². The maximum absolute atomic E-state index is 4.26. The molecule has 3 heterocycles. The lowest BCUT2D eigenvalue weighted by molar-refractivity contribution is 0.374. The van der Waals surface area contributed by atoms with Crippen molar-refractivity contribution in [3.8, 4) is 0 Å². The van der Waals surface area contributed by atoms with Gasteiger partial charge >= 0.3 is 0 Å². The smallest absolute Gasteiger partial charge is 0.133 e. The van der Waals surface area contributed by atoms with E-state index in [4.69, 9.17) is 0 Å². The molecule has 1 unspecified atom stereocenters. The minimum atomic E-state index is 0.523. The highest BCUT2D eigenvalue weighted by atomic mass is 79.9. The number of aryl methyl sites for hydroxylation is 2. The maximum Gasteiger partial charge on any atom is 0.133 e. The number of fused-ring (bicyclic) bond motifs is 1. The van der Waals surface area contributed by atoms with Gasteiger partial charge in [0.2, 0.25) is 0 Å². The predicted molar refractivity (Wildman–Crippen MR) is 80.4 cm³/mol. The number of nitrogens with one attached hydrogen (secondary N) is 1. The zero-order chi connectivity index (χ0) is 13.2. The average Bonchev–Trinajstić information content (AvgIpc) is 3.01. The number of rotatable bonds is 4. The fourth-order valence-corrected chi connectivity index (χ4v) is 3.94. The van der Waals surface area contributed by atoms with Gasteiger partial charge in [0.25, 0.3) is 0 Å². The molecule has 1 aliphatic rings. The van der Waals surface area contributed by atoms with Crippen LogP contribution >= 0.6 is 27.3 Å². The summed E-state index contributed by atoms with van der Waals surface area (Å²) in [6.45, 7) is 4.08. The van der Waals surface area contributed by atoms with Crippen LogP contribution in [-0.4, -0.2) is 20.8 Å². The van der Waals surface area contributed by atoms with Crippen molar-refractivity contribution in [3.05, 3.63) is 32.4 Å². The van der Waals surface area contributed by atoms with Crippen molar-refractivity contribution in [3.63, 3.8) is 0 Å². The van der Waals surface area contributed by atoms with Gasteiger partial charge in [-0.1, -0.05) is 6.92 Å². The van der Waals surface area contributed by atoms with Gasteiger partial charge in [0.05, 0.1) is 3.79 Å². The van der Waals surface area contributed by atoms with E-state index < -0.39 is 0 Å². The molecule has 2 aromatic heterocycles. The van der Waals surface area contributed by atoms with E-state index in [1.165, 1.54) is 8.66 Å². The van der Waals surface area contributed by atoms with Gasteiger partial charge in [0, 0.05) is 36.9 Å². The summed E-state index contributed by atoms with van der Waals surface area (Å²) in [7, 11) is 0. The Morgan fingerprint density at radius 3 is 3.11 bits per heavy atom. The highest BCUT2D eigenvalue weighted by molar-refractivity contribution is 9.11. The average molecular weight is 341 g/mol. The molecule has 3 rings (SSSR count). The molecule has 4 nitrogen and oxygen atoms in total. The third-order valence-electron chi connectivity index (χ3n) is 3.53. The maximum atomic E-state index is 4.26. The molecule has 0 saturated carbocycles. The summed E-state index contributed by atoms with van der Waals surface area (Å²) in [4.78, 5) is 1.37. The van der Waals surface area contributed by atoms with Gasteiger partial charge in [0.1, 0.15) is 11.6 Å². The van der Waals surface area contributed by atoms with Crippen molar-refractivity contribution < 1.29 is 0 Å². The van der Waals surface area contributed by atoms with Crippen LogP contribution in [0.2, 0.25) is 0 Å². The Bertz CT molecular complexity index is 549. The van der Waals surface area contributed by atoms with Crippen molar-refractivity contribution in [2.75, 3.05) is 0 Å². The molecule has 0 spiro atoms. The van der Waals surface area contributed by atoms with E-state index in [2.05, 4.69) is 55.1 Å². The summed E-state index contributed by atoms with van der Waals surface area (Å²) >= 11 is 5.30. The van der Waals surface area contributed by atoms with Crippen molar-refractivity contribution in [2.45, 2.75) is 45.3 Å². The number of aromatic nitrogens is 3. The molecule has 6 heteroatoms. The second kappa shape index (κ2) is 5.73. The predicted octanol–water partition coefficient (Wildman–Crippen LogP) is 2.77. The first-order valence-electron chi connectivity index (χ1n) is 6.65. The molecular formula is C13H17BrN4S. The van der Waals surface area contributed by atoms with Crippen molar-refractivity contribution in [1.29, 1.82) is 0 Å². The van der Waals surface area contributed by atoms with Crippen LogP contribution in [0.3, 0.4) is 0 Å². The van der Waals surface area contributed by atoms with E-state index in [-0.39, 0.29) is 0 Å². The van der Waals surface area contributed by atoms with Crippen molar-refractivity contribution in [1.82, 2.24) is 20.1 Å². The monoisotopic (exact) mass is 340 g/mol. The van der Waals surface area contributed by atoms with Gasteiger partial charge in [0.15, 0.2) is 0 Å². The molecule has 102 valence electrons. The summed E-state index contributed by atoms with van der Waals surface area (Å²) in [5.74, 6) is 2.26. The third-order valence-corrected chi connectivity index (χ3v) is 5.16. The molecule has 2 aromatic rings. The van der Waals surface area contributed by atoms with Gasteiger partial charge in [-0.2, -0.15) is 0 Å². The molecule has 1 aliphatic heterocycles. The van der Waals surface area contributed by atoms with Crippen LogP contribution in [0.4, 0.5) is 0 Å². The van der Waals surface area contributed by atoms with Gasteiger partial charge in [-0.15, -0.1) is 21.5 Å². The topological polar surface area (TPSA) is 42.7 Å². The zero-order valence-electron chi connectivity index (χ0n) is 10.9. The summed E-state index contributed by atoms with van der Waals surface area (Å²) in [6.07, 6.45) is 3.13. The van der Waals surface area contributed by atoms with Crippen molar-refractivity contribution >= 4 is 27.3 Å². The van der Waals surface area contributed by atoms with Crippen LogP contribution in [-0.2, 0) is 25.9 Å². The van der Waals surface area contributed by atoms with Crippen LogP contribution in [0.1, 0.15) is 29.9 Å². The molecule has 0 bridgehead atoms. The minimum Gasteiger partial charge on any atom is -0.313 e. The van der Waals surface area contributed by atoms with Crippen LogP contribution < -0.4 is 5.32 Å². The Morgan fingerprint density at radius 1 is 1.47 bits per heavy atom. The number of nitrogens with zero attached hydrogens (tertiary/aromatic N) is 3. The highest BCUT2D eigenvalue weighted by Crippen LogP contribution is 2.22. The molecule has 1 atom stereocenters. The van der Waals surface area contributed by atoms with E-state index in [0.29, 0.717) is 6.04 Å². The minimum absolute atomic E-state index is 0.523. The fraction of sp³-hybridized carbons (Fsp3) is 0.538. The largest absolute Gasteiger partial charge is 0.313 e. The van der Waals surface area contributed by atoms with Crippen molar-refractivity contribution in [2.24, 2.45) is 0 Å². The standard InChI is InChI=1S/C13H17BrN4S/c1-2-12-16-17-13-6-3-9(8-18(12)13)15-7-10-4-5-11(14)19-10/h4-5,9,15H,2-3,6-8H2,1H3.